The molecule has 1 aliphatic heterocycles. The van der Waals surface area contributed by atoms with Gasteiger partial charge in [0.2, 0.25) is 0 Å². The lowest BCUT2D eigenvalue weighted by Crippen LogP contribution is -2.41. The predicted octanol–water partition coefficient (Wildman–Crippen LogP) is 2.81. The fourth-order valence-electron chi connectivity index (χ4n) is 3.16. The number of thioether (sulfide) groups is 1. The maximum absolute atomic E-state index is 12.9. The number of amides is 1. The van der Waals surface area contributed by atoms with Crippen LogP contribution in [-0.2, 0) is 21.8 Å². The normalized spacial score (nSPS) is 14.6. The van der Waals surface area contributed by atoms with Crippen LogP contribution in [0.15, 0.2) is 29.4 Å². The monoisotopic (exact) mass is 404 g/mol. The van der Waals surface area contributed by atoms with Gasteiger partial charge in [0.25, 0.3) is 5.91 Å². The van der Waals surface area contributed by atoms with Gasteiger partial charge in [-0.2, -0.15) is 0 Å². The maximum Gasteiger partial charge on any atom is 0.254 e. The molecule has 1 amide bonds. The summed E-state index contributed by atoms with van der Waals surface area (Å²) >= 11 is 1.61. The zero-order chi connectivity index (χ0) is 19.9. The van der Waals surface area contributed by atoms with Crippen LogP contribution in [0.3, 0.4) is 0 Å². The van der Waals surface area contributed by atoms with E-state index in [-0.39, 0.29) is 11.8 Å². The number of aromatic nitrogens is 3. The van der Waals surface area contributed by atoms with E-state index in [9.17, 15) is 4.79 Å². The fraction of sp³-hybridized carbons (Fsp3) is 0.550. The minimum atomic E-state index is 0.0724. The first-order valence-corrected chi connectivity index (χ1v) is 10.6. The number of hydrogen-bond acceptors (Lipinski definition) is 6. The Morgan fingerprint density at radius 1 is 1.25 bits per heavy atom. The third-order valence-corrected chi connectivity index (χ3v) is 5.70. The standard InChI is InChI=1S/C20H28N4O3S/c1-15(2)18-21-22-20(24(18)10-11-26-3)28-14-16-6-4-5-7-17(16)19(25)23-8-12-27-13-9-23/h4-7,15H,8-14H2,1-3H3. The second kappa shape index (κ2) is 10.0. The van der Waals surface area contributed by atoms with Crippen molar-refractivity contribution in [3.05, 3.63) is 41.2 Å². The molecule has 0 aliphatic carbocycles. The number of carbonyl (C=O) groups excluding carboxylic acids is 1. The third-order valence-electron chi connectivity index (χ3n) is 4.68. The van der Waals surface area contributed by atoms with Gasteiger partial charge in [0.15, 0.2) is 5.16 Å². The van der Waals surface area contributed by atoms with Crippen LogP contribution in [0.1, 0.15) is 41.5 Å². The summed E-state index contributed by atoms with van der Waals surface area (Å²) in [6.45, 7) is 8.03. The van der Waals surface area contributed by atoms with Crippen molar-refractivity contribution in [1.82, 2.24) is 19.7 Å². The van der Waals surface area contributed by atoms with Gasteiger partial charge in [0.05, 0.1) is 19.8 Å². The summed E-state index contributed by atoms with van der Waals surface area (Å²) < 4.78 is 12.7. The molecular weight excluding hydrogens is 376 g/mol. The van der Waals surface area contributed by atoms with Gasteiger partial charge in [-0.05, 0) is 11.6 Å². The molecule has 3 rings (SSSR count). The van der Waals surface area contributed by atoms with Crippen LogP contribution in [0.2, 0.25) is 0 Å². The molecule has 1 aromatic carbocycles. The van der Waals surface area contributed by atoms with Crippen molar-refractivity contribution in [1.29, 1.82) is 0 Å². The van der Waals surface area contributed by atoms with Crippen molar-refractivity contribution in [2.75, 3.05) is 40.0 Å². The molecule has 0 bridgehead atoms. The van der Waals surface area contributed by atoms with Crippen molar-refractivity contribution in [2.24, 2.45) is 0 Å². The van der Waals surface area contributed by atoms with E-state index in [1.54, 1.807) is 18.9 Å². The molecule has 0 atom stereocenters. The smallest absolute Gasteiger partial charge is 0.254 e. The Kier molecular flexibility index (Phi) is 7.47. The number of morpholine rings is 1. The Morgan fingerprint density at radius 2 is 2.00 bits per heavy atom. The molecule has 7 nitrogen and oxygen atoms in total. The molecule has 152 valence electrons. The molecule has 2 heterocycles. The van der Waals surface area contributed by atoms with Crippen LogP contribution < -0.4 is 0 Å². The zero-order valence-electron chi connectivity index (χ0n) is 16.8. The van der Waals surface area contributed by atoms with Gasteiger partial charge in [-0.3, -0.25) is 4.79 Å². The van der Waals surface area contributed by atoms with Crippen molar-refractivity contribution < 1.29 is 14.3 Å². The van der Waals surface area contributed by atoms with E-state index in [1.807, 2.05) is 29.2 Å². The average Bonchev–Trinajstić information content (AvgIpc) is 3.14. The molecule has 8 heteroatoms. The minimum Gasteiger partial charge on any atom is -0.383 e. The highest BCUT2D eigenvalue weighted by molar-refractivity contribution is 7.98. The van der Waals surface area contributed by atoms with Crippen molar-refractivity contribution in [3.8, 4) is 0 Å². The number of hydrogen-bond donors (Lipinski definition) is 0. The van der Waals surface area contributed by atoms with Crippen LogP contribution in [0.4, 0.5) is 0 Å². The van der Waals surface area contributed by atoms with Crippen molar-refractivity contribution in [2.45, 2.75) is 37.2 Å². The third kappa shape index (κ3) is 4.92. The molecule has 0 unspecified atom stereocenters. The van der Waals surface area contributed by atoms with Gasteiger partial charge in [0, 0.05) is 44.0 Å². The molecule has 1 aliphatic rings. The van der Waals surface area contributed by atoms with Crippen LogP contribution in [0.25, 0.3) is 0 Å². The van der Waals surface area contributed by atoms with E-state index in [0.717, 1.165) is 22.1 Å². The molecule has 0 radical (unpaired) electrons. The first kappa shape index (κ1) is 20.8. The molecule has 1 fully saturated rings. The highest BCUT2D eigenvalue weighted by atomic mass is 32.2. The van der Waals surface area contributed by atoms with Crippen LogP contribution in [0.5, 0.6) is 0 Å². The molecule has 0 saturated carbocycles. The second-order valence-electron chi connectivity index (χ2n) is 6.99. The Hall–Kier alpha value is -1.90. The average molecular weight is 405 g/mol. The molecule has 1 aromatic heterocycles. The summed E-state index contributed by atoms with van der Waals surface area (Å²) in [6, 6.07) is 7.81. The molecule has 2 aromatic rings. The van der Waals surface area contributed by atoms with Crippen LogP contribution in [0, 0.1) is 0 Å². The van der Waals surface area contributed by atoms with E-state index in [2.05, 4.69) is 28.6 Å². The number of rotatable bonds is 8. The molecule has 1 saturated heterocycles. The number of nitrogens with zero attached hydrogens (tertiary/aromatic N) is 4. The van der Waals surface area contributed by atoms with Crippen LogP contribution in [-0.4, -0.2) is 65.6 Å². The zero-order valence-corrected chi connectivity index (χ0v) is 17.6. The number of ether oxygens (including phenoxy) is 2. The number of carbonyl (C=O) groups is 1. The highest BCUT2D eigenvalue weighted by Crippen LogP contribution is 2.26. The quantitative estimate of drug-likeness (QED) is 0.630. The lowest BCUT2D eigenvalue weighted by Gasteiger charge is -2.27. The minimum absolute atomic E-state index is 0.0724. The predicted molar refractivity (Wildman–Crippen MR) is 109 cm³/mol. The molecule has 0 N–H and O–H groups in total. The van der Waals surface area contributed by atoms with Gasteiger partial charge in [-0.1, -0.05) is 43.8 Å². The van der Waals surface area contributed by atoms with Crippen LogP contribution >= 0.6 is 11.8 Å². The van der Waals surface area contributed by atoms with Gasteiger partial charge in [0.1, 0.15) is 5.82 Å². The summed E-state index contributed by atoms with van der Waals surface area (Å²) in [5, 5.41) is 9.59. The lowest BCUT2D eigenvalue weighted by atomic mass is 10.1. The first-order valence-electron chi connectivity index (χ1n) is 9.61. The fourth-order valence-corrected chi connectivity index (χ4v) is 4.14. The van der Waals surface area contributed by atoms with Gasteiger partial charge >= 0.3 is 0 Å². The number of methoxy groups -OCH3 is 1. The van der Waals surface area contributed by atoms with Crippen molar-refractivity contribution >= 4 is 17.7 Å². The topological polar surface area (TPSA) is 69.5 Å². The van der Waals surface area contributed by atoms with Crippen molar-refractivity contribution in [3.63, 3.8) is 0 Å². The largest absolute Gasteiger partial charge is 0.383 e. The Bertz CT molecular complexity index is 788. The van der Waals surface area contributed by atoms with E-state index < -0.39 is 0 Å². The Labute approximate surface area is 170 Å². The summed E-state index contributed by atoms with van der Waals surface area (Å²) in [6.07, 6.45) is 0. The summed E-state index contributed by atoms with van der Waals surface area (Å²) in [4.78, 5) is 14.8. The van der Waals surface area contributed by atoms with Gasteiger partial charge < -0.3 is 18.9 Å². The first-order chi connectivity index (χ1) is 13.6. The summed E-state index contributed by atoms with van der Waals surface area (Å²) in [7, 11) is 1.69. The van der Waals surface area contributed by atoms with E-state index in [1.165, 1.54) is 0 Å². The molecule has 28 heavy (non-hydrogen) atoms. The van der Waals surface area contributed by atoms with Gasteiger partial charge in [-0.15, -0.1) is 10.2 Å². The molecule has 0 spiro atoms. The second-order valence-corrected chi connectivity index (χ2v) is 7.93. The maximum atomic E-state index is 12.9. The van der Waals surface area contributed by atoms with E-state index >= 15 is 0 Å². The van der Waals surface area contributed by atoms with E-state index in [0.29, 0.717) is 45.2 Å². The summed E-state index contributed by atoms with van der Waals surface area (Å²) in [5.74, 6) is 1.98. The van der Waals surface area contributed by atoms with Gasteiger partial charge in [-0.25, -0.2) is 0 Å². The summed E-state index contributed by atoms with van der Waals surface area (Å²) in [5.41, 5.74) is 1.76. The highest BCUT2D eigenvalue weighted by Gasteiger charge is 2.21. The lowest BCUT2D eigenvalue weighted by molar-refractivity contribution is 0.0302. The Balaban J connectivity index is 1.75. The molecular formula is C20H28N4O3S. The number of benzene rings is 1. The SMILES string of the molecule is COCCn1c(SCc2ccccc2C(=O)N2CCOCC2)nnc1C(C)C. The Morgan fingerprint density at radius 3 is 2.71 bits per heavy atom. The van der Waals surface area contributed by atoms with E-state index in [4.69, 9.17) is 9.47 Å².